The van der Waals surface area contributed by atoms with Crippen molar-refractivity contribution in [3.05, 3.63) is 34.6 Å². The van der Waals surface area contributed by atoms with Crippen LogP contribution in [0.4, 0.5) is 4.39 Å². The van der Waals surface area contributed by atoms with Crippen LogP contribution in [0.5, 0.6) is 0 Å². The number of carbonyl (C=O) groups excluding carboxylic acids is 1. The van der Waals surface area contributed by atoms with Gasteiger partial charge in [0.1, 0.15) is 11.6 Å². The molecule has 2 bridgehead atoms. The van der Waals surface area contributed by atoms with Gasteiger partial charge >= 0.3 is 0 Å². The molecular formula is C16H18ClFO. The molecule has 2 fully saturated rings. The fraction of sp³-hybridized carbons (Fsp3) is 0.562. The molecule has 0 spiro atoms. The molecule has 0 heterocycles. The third kappa shape index (κ3) is 2.84. The summed E-state index contributed by atoms with van der Waals surface area (Å²) < 4.78 is 13.6. The molecule has 102 valence electrons. The van der Waals surface area contributed by atoms with E-state index in [4.69, 9.17) is 11.6 Å². The number of hydrogen-bond acceptors (Lipinski definition) is 1. The van der Waals surface area contributed by atoms with Gasteiger partial charge in [0.2, 0.25) is 0 Å². The maximum absolute atomic E-state index is 13.6. The first-order chi connectivity index (χ1) is 9.11. The van der Waals surface area contributed by atoms with Crippen molar-refractivity contribution >= 4 is 17.4 Å². The minimum atomic E-state index is -0.328. The largest absolute Gasteiger partial charge is 0.299 e. The number of rotatable bonds is 4. The third-order valence-corrected chi connectivity index (χ3v) is 5.00. The molecule has 0 aliphatic heterocycles. The zero-order valence-electron chi connectivity index (χ0n) is 10.9. The molecule has 2 aliphatic rings. The molecule has 3 rings (SSSR count). The summed E-state index contributed by atoms with van der Waals surface area (Å²) in [6.07, 6.45) is 5.94. The van der Waals surface area contributed by atoms with Crippen LogP contribution in [-0.4, -0.2) is 5.78 Å². The second-order valence-corrected chi connectivity index (χ2v) is 6.53. The molecule has 0 N–H and O–H groups in total. The zero-order chi connectivity index (χ0) is 13.4. The fourth-order valence-electron chi connectivity index (χ4n) is 3.88. The summed E-state index contributed by atoms with van der Waals surface area (Å²) in [6.45, 7) is 0. The molecule has 19 heavy (non-hydrogen) atoms. The molecule has 0 amide bonds. The zero-order valence-corrected chi connectivity index (χ0v) is 11.6. The van der Waals surface area contributed by atoms with Crippen LogP contribution in [-0.2, 0) is 11.2 Å². The minimum Gasteiger partial charge on any atom is -0.299 e. The highest BCUT2D eigenvalue weighted by atomic mass is 35.5. The summed E-state index contributed by atoms with van der Waals surface area (Å²) in [7, 11) is 0. The van der Waals surface area contributed by atoms with Gasteiger partial charge in [0.15, 0.2) is 0 Å². The Labute approximate surface area is 118 Å². The Kier molecular flexibility index (Phi) is 3.62. The molecule has 2 saturated carbocycles. The lowest BCUT2D eigenvalue weighted by atomic mass is 9.84. The molecule has 0 aromatic heterocycles. The van der Waals surface area contributed by atoms with E-state index in [1.54, 1.807) is 6.07 Å². The molecule has 3 unspecified atom stereocenters. The molecule has 1 aromatic carbocycles. The van der Waals surface area contributed by atoms with Gasteiger partial charge in [-0.3, -0.25) is 4.79 Å². The van der Waals surface area contributed by atoms with Gasteiger partial charge in [-0.2, -0.15) is 0 Å². The topological polar surface area (TPSA) is 17.1 Å². The van der Waals surface area contributed by atoms with E-state index in [9.17, 15) is 9.18 Å². The molecule has 1 nitrogen and oxygen atoms in total. The monoisotopic (exact) mass is 280 g/mol. The SMILES string of the molecule is O=C(Cc1cc(Cl)ccc1F)CC1CC2CCC1C2. The first kappa shape index (κ1) is 13.1. The van der Waals surface area contributed by atoms with Crippen molar-refractivity contribution in [1.29, 1.82) is 0 Å². The Morgan fingerprint density at radius 2 is 2.16 bits per heavy atom. The van der Waals surface area contributed by atoms with Gasteiger partial charge in [-0.1, -0.05) is 18.0 Å². The smallest absolute Gasteiger partial charge is 0.137 e. The Morgan fingerprint density at radius 1 is 1.32 bits per heavy atom. The van der Waals surface area contributed by atoms with E-state index in [-0.39, 0.29) is 18.0 Å². The Bertz CT molecular complexity index is 500. The van der Waals surface area contributed by atoms with Crippen molar-refractivity contribution in [3.63, 3.8) is 0 Å². The van der Waals surface area contributed by atoms with Gasteiger partial charge < -0.3 is 0 Å². The Hall–Kier alpha value is -0.890. The summed E-state index contributed by atoms with van der Waals surface area (Å²) in [5.74, 6) is 1.97. The van der Waals surface area contributed by atoms with E-state index in [0.29, 0.717) is 22.9 Å². The first-order valence-electron chi connectivity index (χ1n) is 7.07. The molecule has 2 aliphatic carbocycles. The summed E-state index contributed by atoms with van der Waals surface area (Å²) >= 11 is 5.84. The van der Waals surface area contributed by atoms with E-state index in [2.05, 4.69) is 0 Å². The Morgan fingerprint density at radius 3 is 2.84 bits per heavy atom. The molecular weight excluding hydrogens is 263 g/mol. The lowest BCUT2D eigenvalue weighted by Gasteiger charge is -2.20. The minimum absolute atomic E-state index is 0.152. The third-order valence-electron chi connectivity index (χ3n) is 4.77. The molecule has 3 atom stereocenters. The van der Waals surface area contributed by atoms with Gasteiger partial charge in [0.25, 0.3) is 0 Å². The number of Topliss-reactive ketones (excluding diaryl/α,β-unsaturated/α-hetero) is 1. The second-order valence-electron chi connectivity index (χ2n) is 6.09. The van der Waals surface area contributed by atoms with Crippen LogP contribution < -0.4 is 0 Å². The van der Waals surface area contributed by atoms with E-state index in [1.807, 2.05) is 0 Å². The average Bonchev–Trinajstić information content (AvgIpc) is 2.96. The predicted octanol–water partition coefficient (Wildman–Crippen LogP) is 4.42. The molecule has 3 heteroatoms. The summed E-state index contributed by atoms with van der Waals surface area (Å²) in [4.78, 5) is 12.1. The van der Waals surface area contributed by atoms with Crippen LogP contribution in [0.1, 0.15) is 37.7 Å². The number of hydrogen-bond donors (Lipinski definition) is 0. The van der Waals surface area contributed by atoms with Crippen LogP contribution in [0, 0.1) is 23.6 Å². The van der Waals surface area contributed by atoms with Gasteiger partial charge in [-0.15, -0.1) is 0 Å². The van der Waals surface area contributed by atoms with Gasteiger partial charge in [-0.25, -0.2) is 4.39 Å². The summed E-state index contributed by atoms with van der Waals surface area (Å²) in [6, 6.07) is 4.42. The maximum Gasteiger partial charge on any atom is 0.137 e. The van der Waals surface area contributed by atoms with E-state index >= 15 is 0 Å². The van der Waals surface area contributed by atoms with Crippen molar-refractivity contribution in [2.24, 2.45) is 17.8 Å². The van der Waals surface area contributed by atoms with Crippen LogP contribution in [0.3, 0.4) is 0 Å². The lowest BCUT2D eigenvalue weighted by Crippen LogP contribution is -2.16. The summed E-state index contributed by atoms with van der Waals surface area (Å²) in [5.41, 5.74) is 0.431. The highest BCUT2D eigenvalue weighted by Gasteiger charge is 2.39. The summed E-state index contributed by atoms with van der Waals surface area (Å²) in [5, 5.41) is 0.490. The Balaban J connectivity index is 1.61. The number of ketones is 1. The van der Waals surface area contributed by atoms with Crippen LogP contribution in [0.15, 0.2) is 18.2 Å². The van der Waals surface area contributed by atoms with E-state index in [1.165, 1.54) is 37.8 Å². The normalized spacial score (nSPS) is 28.8. The maximum atomic E-state index is 13.6. The molecule has 0 radical (unpaired) electrons. The number of carbonyl (C=O) groups is 1. The second kappa shape index (κ2) is 5.24. The van der Waals surface area contributed by atoms with E-state index in [0.717, 1.165) is 11.8 Å². The van der Waals surface area contributed by atoms with Crippen LogP contribution in [0.25, 0.3) is 0 Å². The standard InChI is InChI=1S/C16H18ClFO/c17-14-3-4-16(18)13(7-14)9-15(19)8-12-6-10-1-2-11(12)5-10/h3-4,7,10-12H,1-2,5-6,8-9H2. The number of halogens is 2. The van der Waals surface area contributed by atoms with Gasteiger partial charge in [0.05, 0.1) is 0 Å². The number of benzene rings is 1. The predicted molar refractivity (Wildman–Crippen MR) is 73.7 cm³/mol. The van der Waals surface area contributed by atoms with Crippen molar-refractivity contribution in [3.8, 4) is 0 Å². The van der Waals surface area contributed by atoms with Gasteiger partial charge in [-0.05, 0) is 60.8 Å². The first-order valence-corrected chi connectivity index (χ1v) is 7.45. The van der Waals surface area contributed by atoms with Crippen LogP contribution in [0.2, 0.25) is 5.02 Å². The lowest BCUT2D eigenvalue weighted by molar-refractivity contribution is -0.119. The average molecular weight is 281 g/mol. The van der Waals surface area contributed by atoms with Crippen LogP contribution >= 0.6 is 11.6 Å². The molecule has 1 aromatic rings. The van der Waals surface area contributed by atoms with Crippen molar-refractivity contribution in [1.82, 2.24) is 0 Å². The number of fused-ring (bicyclic) bond motifs is 2. The van der Waals surface area contributed by atoms with Gasteiger partial charge in [0, 0.05) is 17.9 Å². The van der Waals surface area contributed by atoms with Crippen molar-refractivity contribution < 1.29 is 9.18 Å². The van der Waals surface area contributed by atoms with Crippen molar-refractivity contribution in [2.75, 3.05) is 0 Å². The quantitative estimate of drug-likeness (QED) is 0.798. The highest BCUT2D eigenvalue weighted by Crippen LogP contribution is 2.49. The fourth-order valence-corrected chi connectivity index (χ4v) is 4.08. The highest BCUT2D eigenvalue weighted by molar-refractivity contribution is 6.30. The molecule has 0 saturated heterocycles. The van der Waals surface area contributed by atoms with Crippen molar-refractivity contribution in [2.45, 2.75) is 38.5 Å². The van der Waals surface area contributed by atoms with E-state index < -0.39 is 0 Å².